The maximum Gasteiger partial charge on any atom is 0.508 e. The van der Waals surface area contributed by atoms with Crippen LogP contribution in [0.5, 0.6) is 0 Å². The highest BCUT2D eigenvalue weighted by Crippen LogP contribution is 2.31. The van der Waals surface area contributed by atoms with E-state index >= 15 is 0 Å². The van der Waals surface area contributed by atoms with Crippen LogP contribution in [0.25, 0.3) is 0 Å². The predicted octanol–water partition coefficient (Wildman–Crippen LogP) is 1.71. The predicted molar refractivity (Wildman–Crippen MR) is 38.2 cm³/mol. The summed E-state index contributed by atoms with van der Waals surface area (Å²) in [4.78, 5) is 10.6. The minimum absolute atomic E-state index is 0.0602. The number of hydrogen-bond acceptors (Lipinski definition) is 3. The van der Waals surface area contributed by atoms with Crippen molar-refractivity contribution in [2.45, 2.75) is 31.8 Å². The van der Waals surface area contributed by atoms with Crippen molar-refractivity contribution in [1.82, 2.24) is 0 Å². The van der Waals surface area contributed by atoms with E-state index in [1.165, 1.54) is 25.7 Å². The number of rotatable bonds is 1. The standard InChI is InChI=1S/C8H12O3/c9-8-10-5-7(11-8)6-3-1-2-4-6/h6-7H,1-5H2. The third kappa shape index (κ3) is 1.32. The van der Waals surface area contributed by atoms with E-state index in [0.717, 1.165) is 0 Å². The van der Waals surface area contributed by atoms with Crippen molar-refractivity contribution in [2.75, 3.05) is 6.61 Å². The first-order valence-corrected chi connectivity index (χ1v) is 4.19. The molecule has 1 saturated heterocycles. The Hall–Kier alpha value is -0.730. The van der Waals surface area contributed by atoms with Crippen LogP contribution in [0.4, 0.5) is 4.79 Å². The molecule has 0 aromatic heterocycles. The first-order chi connectivity index (χ1) is 5.36. The molecule has 11 heavy (non-hydrogen) atoms. The third-order valence-corrected chi connectivity index (χ3v) is 2.54. The number of hydrogen-bond donors (Lipinski definition) is 0. The Kier molecular flexibility index (Phi) is 1.72. The van der Waals surface area contributed by atoms with E-state index in [2.05, 4.69) is 0 Å². The zero-order valence-electron chi connectivity index (χ0n) is 6.41. The molecule has 0 radical (unpaired) electrons. The molecule has 2 rings (SSSR count). The van der Waals surface area contributed by atoms with Crippen LogP contribution >= 0.6 is 0 Å². The van der Waals surface area contributed by atoms with Crippen molar-refractivity contribution in [2.24, 2.45) is 5.92 Å². The lowest BCUT2D eigenvalue weighted by molar-refractivity contribution is 0.0991. The zero-order chi connectivity index (χ0) is 7.68. The van der Waals surface area contributed by atoms with Crippen molar-refractivity contribution in [3.63, 3.8) is 0 Å². The SMILES string of the molecule is O=C1OCC(C2CCCC2)O1. The van der Waals surface area contributed by atoms with Gasteiger partial charge in [-0.2, -0.15) is 0 Å². The molecule has 0 aromatic carbocycles. The molecule has 1 aliphatic carbocycles. The maximum absolute atomic E-state index is 10.6. The van der Waals surface area contributed by atoms with Gasteiger partial charge in [0.2, 0.25) is 0 Å². The summed E-state index contributed by atoms with van der Waals surface area (Å²) >= 11 is 0. The molecular weight excluding hydrogens is 144 g/mol. The normalized spacial score (nSPS) is 32.0. The molecule has 0 amide bonds. The molecule has 62 valence electrons. The van der Waals surface area contributed by atoms with E-state index in [0.29, 0.717) is 12.5 Å². The van der Waals surface area contributed by atoms with Crippen molar-refractivity contribution in [1.29, 1.82) is 0 Å². The molecule has 1 unspecified atom stereocenters. The second-order valence-corrected chi connectivity index (χ2v) is 3.26. The van der Waals surface area contributed by atoms with Gasteiger partial charge in [-0.3, -0.25) is 0 Å². The Morgan fingerprint density at radius 2 is 2.00 bits per heavy atom. The molecule has 0 N–H and O–H groups in total. The second kappa shape index (κ2) is 2.72. The highest BCUT2D eigenvalue weighted by atomic mass is 16.8. The van der Waals surface area contributed by atoms with Crippen molar-refractivity contribution < 1.29 is 14.3 Å². The molecule has 2 aliphatic rings. The molecule has 0 spiro atoms. The molecule has 1 aliphatic heterocycles. The van der Waals surface area contributed by atoms with E-state index in [9.17, 15) is 4.79 Å². The molecule has 1 atom stereocenters. The van der Waals surface area contributed by atoms with E-state index in [-0.39, 0.29) is 6.10 Å². The van der Waals surface area contributed by atoms with Gasteiger partial charge in [0, 0.05) is 0 Å². The van der Waals surface area contributed by atoms with Crippen LogP contribution in [0.2, 0.25) is 0 Å². The minimum Gasteiger partial charge on any atom is -0.430 e. The largest absolute Gasteiger partial charge is 0.508 e. The Labute approximate surface area is 65.7 Å². The first-order valence-electron chi connectivity index (χ1n) is 4.19. The van der Waals surface area contributed by atoms with E-state index in [1.54, 1.807) is 0 Å². The lowest BCUT2D eigenvalue weighted by Gasteiger charge is -2.12. The topological polar surface area (TPSA) is 35.5 Å². The first kappa shape index (κ1) is 6.95. The Morgan fingerprint density at radius 3 is 2.55 bits per heavy atom. The number of cyclic esters (lactones) is 2. The summed E-state index contributed by atoms with van der Waals surface area (Å²) in [6.45, 7) is 0.476. The van der Waals surface area contributed by atoms with Gasteiger partial charge < -0.3 is 9.47 Å². The summed E-state index contributed by atoms with van der Waals surface area (Å²) < 4.78 is 9.70. The van der Waals surface area contributed by atoms with Gasteiger partial charge in [0.25, 0.3) is 0 Å². The van der Waals surface area contributed by atoms with Crippen LogP contribution in [0.3, 0.4) is 0 Å². The Morgan fingerprint density at radius 1 is 1.27 bits per heavy atom. The lowest BCUT2D eigenvalue weighted by Crippen LogP contribution is -2.19. The van der Waals surface area contributed by atoms with E-state index in [4.69, 9.17) is 9.47 Å². The molecule has 2 fully saturated rings. The van der Waals surface area contributed by atoms with Gasteiger partial charge in [-0.15, -0.1) is 0 Å². The molecule has 3 heteroatoms. The van der Waals surface area contributed by atoms with Crippen molar-refractivity contribution >= 4 is 6.16 Å². The van der Waals surface area contributed by atoms with Crippen molar-refractivity contribution in [3.8, 4) is 0 Å². The van der Waals surface area contributed by atoms with Crippen LogP contribution in [0.1, 0.15) is 25.7 Å². The lowest BCUT2D eigenvalue weighted by atomic mass is 10.0. The van der Waals surface area contributed by atoms with Crippen LogP contribution in [0, 0.1) is 5.92 Å². The quantitative estimate of drug-likeness (QED) is 0.542. The van der Waals surface area contributed by atoms with E-state index < -0.39 is 6.16 Å². The Bertz CT molecular complexity index is 161. The Balaban J connectivity index is 1.90. The number of carbonyl (C=O) groups excluding carboxylic acids is 1. The van der Waals surface area contributed by atoms with Gasteiger partial charge in [0.05, 0.1) is 0 Å². The van der Waals surface area contributed by atoms with Gasteiger partial charge in [-0.1, -0.05) is 12.8 Å². The van der Waals surface area contributed by atoms with Gasteiger partial charge in [-0.25, -0.2) is 4.79 Å². The highest BCUT2D eigenvalue weighted by molar-refractivity contribution is 5.61. The second-order valence-electron chi connectivity index (χ2n) is 3.26. The van der Waals surface area contributed by atoms with Crippen LogP contribution in [0.15, 0.2) is 0 Å². The average molecular weight is 156 g/mol. The summed E-state index contributed by atoms with van der Waals surface area (Å²) in [7, 11) is 0. The van der Waals surface area contributed by atoms with Crippen LogP contribution < -0.4 is 0 Å². The smallest absolute Gasteiger partial charge is 0.430 e. The maximum atomic E-state index is 10.6. The molecule has 3 nitrogen and oxygen atoms in total. The summed E-state index contributed by atoms with van der Waals surface area (Å²) in [5, 5.41) is 0. The van der Waals surface area contributed by atoms with E-state index in [1.807, 2.05) is 0 Å². The van der Waals surface area contributed by atoms with Crippen molar-refractivity contribution in [3.05, 3.63) is 0 Å². The monoisotopic (exact) mass is 156 g/mol. The molecule has 1 heterocycles. The summed E-state index contributed by atoms with van der Waals surface area (Å²) in [6.07, 6.45) is 4.52. The zero-order valence-corrected chi connectivity index (χ0v) is 6.41. The van der Waals surface area contributed by atoms with Gasteiger partial charge in [-0.05, 0) is 18.8 Å². The van der Waals surface area contributed by atoms with Gasteiger partial charge in [0.15, 0.2) is 0 Å². The number of carbonyl (C=O) groups is 1. The fourth-order valence-electron chi connectivity index (χ4n) is 1.90. The van der Waals surface area contributed by atoms with Gasteiger partial charge in [0.1, 0.15) is 12.7 Å². The summed E-state index contributed by atoms with van der Waals surface area (Å²) in [5.41, 5.74) is 0. The molecular formula is C8H12O3. The number of ether oxygens (including phenoxy) is 2. The minimum atomic E-state index is -0.484. The molecule has 1 saturated carbocycles. The average Bonchev–Trinajstić information content (AvgIpc) is 2.55. The third-order valence-electron chi connectivity index (χ3n) is 2.54. The summed E-state index contributed by atoms with van der Waals surface area (Å²) in [6, 6.07) is 0. The van der Waals surface area contributed by atoms with Crippen LogP contribution in [-0.4, -0.2) is 18.9 Å². The fourth-order valence-corrected chi connectivity index (χ4v) is 1.90. The molecule has 0 bridgehead atoms. The van der Waals surface area contributed by atoms with Gasteiger partial charge >= 0.3 is 6.16 Å². The molecule has 0 aromatic rings. The summed E-state index contributed by atoms with van der Waals surface area (Å²) in [5.74, 6) is 0.571. The fraction of sp³-hybridized carbons (Fsp3) is 0.875. The van der Waals surface area contributed by atoms with Crippen LogP contribution in [-0.2, 0) is 9.47 Å². The highest BCUT2D eigenvalue weighted by Gasteiger charge is 2.33.